The number of thiazole rings is 1. The zero-order valence-electron chi connectivity index (χ0n) is 8.67. The summed E-state index contributed by atoms with van der Waals surface area (Å²) in [5, 5.41) is 4.31. The molecule has 1 aromatic heterocycles. The lowest BCUT2D eigenvalue weighted by atomic mass is 10.1. The largest absolute Gasteiger partial charge is 0.309 e. The van der Waals surface area contributed by atoms with Crippen molar-refractivity contribution >= 4 is 29.0 Å². The van der Waals surface area contributed by atoms with Gasteiger partial charge >= 0.3 is 0 Å². The fourth-order valence-electron chi connectivity index (χ4n) is 0.869. The Morgan fingerprint density at radius 1 is 1.57 bits per heavy atom. The van der Waals surface area contributed by atoms with Gasteiger partial charge in [-0.15, -0.1) is 11.3 Å². The summed E-state index contributed by atoms with van der Waals surface area (Å²) in [6.45, 7) is 7.27. The molecule has 4 heteroatoms. The third kappa shape index (κ3) is 4.74. The lowest BCUT2D eigenvalue weighted by molar-refractivity contribution is 0.450. The molecule has 0 atom stereocenters. The summed E-state index contributed by atoms with van der Waals surface area (Å²) < 4.78 is 0.730. The Balaban J connectivity index is 2.35. The zero-order valence-corrected chi connectivity index (χ0v) is 10.2. The highest BCUT2D eigenvalue weighted by atomic mass is 35.5. The Morgan fingerprint density at radius 3 is 2.79 bits per heavy atom. The van der Waals surface area contributed by atoms with Crippen LogP contribution >= 0.6 is 22.9 Å². The van der Waals surface area contributed by atoms with Crippen LogP contribution in [0.4, 0.5) is 0 Å². The Labute approximate surface area is 94.0 Å². The van der Waals surface area contributed by atoms with E-state index >= 15 is 0 Å². The Hall–Kier alpha value is -0.380. The Bertz CT molecular complexity index is 312. The van der Waals surface area contributed by atoms with E-state index in [4.69, 9.17) is 11.6 Å². The van der Waals surface area contributed by atoms with E-state index in [2.05, 4.69) is 37.1 Å². The van der Waals surface area contributed by atoms with E-state index in [1.807, 2.05) is 6.08 Å². The molecular weight excluding hydrogens is 216 g/mol. The molecule has 0 saturated heterocycles. The molecule has 14 heavy (non-hydrogen) atoms. The van der Waals surface area contributed by atoms with E-state index in [1.165, 1.54) is 11.3 Å². The van der Waals surface area contributed by atoms with Gasteiger partial charge in [-0.3, -0.25) is 0 Å². The molecule has 0 bridgehead atoms. The predicted molar refractivity (Wildman–Crippen MR) is 63.9 cm³/mol. The van der Waals surface area contributed by atoms with Crippen molar-refractivity contribution in [1.82, 2.24) is 10.3 Å². The van der Waals surface area contributed by atoms with Gasteiger partial charge in [-0.1, -0.05) is 17.7 Å². The van der Waals surface area contributed by atoms with Gasteiger partial charge in [0.15, 0.2) is 0 Å². The first kappa shape index (κ1) is 11.7. The molecule has 0 spiro atoms. The molecule has 1 aromatic rings. The van der Waals surface area contributed by atoms with E-state index in [0.717, 1.165) is 15.9 Å². The topological polar surface area (TPSA) is 24.9 Å². The van der Waals surface area contributed by atoms with E-state index in [1.54, 1.807) is 6.20 Å². The van der Waals surface area contributed by atoms with Gasteiger partial charge in [0.05, 0.1) is 6.20 Å². The molecule has 1 heterocycles. The van der Waals surface area contributed by atoms with Crippen molar-refractivity contribution in [2.45, 2.75) is 26.3 Å². The van der Waals surface area contributed by atoms with Gasteiger partial charge in [0.2, 0.25) is 0 Å². The molecule has 2 nitrogen and oxygen atoms in total. The minimum Gasteiger partial charge on any atom is -0.309 e. The van der Waals surface area contributed by atoms with E-state index < -0.39 is 0 Å². The van der Waals surface area contributed by atoms with Crippen molar-refractivity contribution in [3.8, 4) is 0 Å². The third-order valence-electron chi connectivity index (χ3n) is 1.51. The Morgan fingerprint density at radius 2 is 2.29 bits per heavy atom. The maximum absolute atomic E-state index is 5.75. The van der Waals surface area contributed by atoms with Crippen molar-refractivity contribution in [2.24, 2.45) is 0 Å². The fraction of sp³-hybridized carbons (Fsp3) is 0.500. The van der Waals surface area contributed by atoms with Crippen LogP contribution in [0.25, 0.3) is 6.08 Å². The molecule has 1 rings (SSSR count). The van der Waals surface area contributed by atoms with Gasteiger partial charge in [-0.2, -0.15) is 0 Å². The third-order valence-corrected chi connectivity index (χ3v) is 2.59. The van der Waals surface area contributed by atoms with Crippen LogP contribution in [0.2, 0.25) is 4.34 Å². The Kier molecular flexibility index (Phi) is 4.11. The number of hydrogen-bond donors (Lipinski definition) is 1. The van der Waals surface area contributed by atoms with Crippen LogP contribution in [-0.2, 0) is 0 Å². The molecular formula is C10H15ClN2S. The van der Waals surface area contributed by atoms with E-state index in [-0.39, 0.29) is 5.54 Å². The minimum atomic E-state index is 0.158. The molecule has 0 aliphatic heterocycles. The molecule has 0 aromatic carbocycles. The summed E-state index contributed by atoms with van der Waals surface area (Å²) in [6, 6.07) is 0. The standard InChI is InChI=1S/C10H15ClN2S/c1-10(2,3)13-6-4-5-9-12-7-8(11)14-9/h4-5,7,13H,6H2,1-3H3/b5-4+. The maximum atomic E-state index is 5.75. The lowest BCUT2D eigenvalue weighted by Crippen LogP contribution is -2.35. The number of nitrogens with one attached hydrogen (secondary N) is 1. The number of hydrogen-bond acceptors (Lipinski definition) is 3. The van der Waals surface area contributed by atoms with Crippen LogP contribution in [0.3, 0.4) is 0 Å². The zero-order chi connectivity index (χ0) is 10.6. The quantitative estimate of drug-likeness (QED) is 0.863. The highest BCUT2D eigenvalue weighted by Crippen LogP contribution is 2.18. The van der Waals surface area contributed by atoms with E-state index in [9.17, 15) is 0 Å². The molecule has 0 aliphatic rings. The van der Waals surface area contributed by atoms with Gasteiger partial charge < -0.3 is 5.32 Å². The summed E-state index contributed by atoms with van der Waals surface area (Å²) in [5.74, 6) is 0. The first-order chi connectivity index (χ1) is 6.47. The van der Waals surface area contributed by atoms with Gasteiger partial charge in [-0.25, -0.2) is 4.98 Å². The first-order valence-electron chi connectivity index (χ1n) is 4.50. The maximum Gasteiger partial charge on any atom is 0.117 e. The number of rotatable bonds is 3. The molecule has 0 unspecified atom stereocenters. The van der Waals surface area contributed by atoms with Gasteiger partial charge in [0.1, 0.15) is 9.34 Å². The summed E-state index contributed by atoms with van der Waals surface area (Å²) in [5.41, 5.74) is 0.158. The SMILES string of the molecule is CC(C)(C)NC/C=C/c1ncc(Cl)s1. The van der Waals surface area contributed by atoms with Crippen LogP contribution in [-0.4, -0.2) is 17.1 Å². The molecule has 78 valence electrons. The van der Waals surface area contributed by atoms with Gasteiger partial charge in [0.25, 0.3) is 0 Å². The molecule has 0 fully saturated rings. The van der Waals surface area contributed by atoms with Crippen LogP contribution < -0.4 is 5.32 Å². The van der Waals surface area contributed by atoms with Gasteiger partial charge in [0, 0.05) is 12.1 Å². The van der Waals surface area contributed by atoms with Crippen LogP contribution in [0.5, 0.6) is 0 Å². The van der Waals surface area contributed by atoms with Crippen molar-refractivity contribution < 1.29 is 0 Å². The highest BCUT2D eigenvalue weighted by Gasteiger charge is 2.05. The van der Waals surface area contributed by atoms with Crippen molar-refractivity contribution in [2.75, 3.05) is 6.54 Å². The van der Waals surface area contributed by atoms with Crippen molar-refractivity contribution in [1.29, 1.82) is 0 Å². The average molecular weight is 231 g/mol. The lowest BCUT2D eigenvalue weighted by Gasteiger charge is -2.18. The summed E-state index contributed by atoms with van der Waals surface area (Å²) in [6.07, 6.45) is 5.71. The predicted octanol–water partition coefficient (Wildman–Crippen LogP) is 3.20. The number of aromatic nitrogens is 1. The first-order valence-corrected chi connectivity index (χ1v) is 5.70. The van der Waals surface area contributed by atoms with Crippen LogP contribution in [0.15, 0.2) is 12.3 Å². The average Bonchev–Trinajstić information content (AvgIpc) is 2.44. The van der Waals surface area contributed by atoms with Gasteiger partial charge in [-0.05, 0) is 26.8 Å². The number of nitrogens with zero attached hydrogens (tertiary/aromatic N) is 1. The minimum absolute atomic E-state index is 0.158. The normalized spacial score (nSPS) is 12.6. The molecule has 0 saturated carbocycles. The summed E-state index contributed by atoms with van der Waals surface area (Å²) in [7, 11) is 0. The number of halogens is 1. The second kappa shape index (κ2) is 4.91. The van der Waals surface area contributed by atoms with Crippen LogP contribution in [0.1, 0.15) is 25.8 Å². The van der Waals surface area contributed by atoms with Crippen molar-refractivity contribution in [3.05, 3.63) is 21.6 Å². The monoisotopic (exact) mass is 230 g/mol. The van der Waals surface area contributed by atoms with Crippen LogP contribution in [0, 0.1) is 0 Å². The smallest absolute Gasteiger partial charge is 0.117 e. The molecule has 0 radical (unpaired) electrons. The molecule has 0 aliphatic carbocycles. The summed E-state index contributed by atoms with van der Waals surface area (Å²) in [4.78, 5) is 4.12. The summed E-state index contributed by atoms with van der Waals surface area (Å²) >= 11 is 7.24. The van der Waals surface area contributed by atoms with Crippen molar-refractivity contribution in [3.63, 3.8) is 0 Å². The highest BCUT2D eigenvalue weighted by molar-refractivity contribution is 7.16. The second-order valence-electron chi connectivity index (χ2n) is 4.04. The molecule has 1 N–H and O–H groups in total. The second-order valence-corrected chi connectivity index (χ2v) is 5.73. The van der Waals surface area contributed by atoms with E-state index in [0.29, 0.717) is 0 Å². The molecule has 0 amide bonds. The fourth-order valence-corrected chi connectivity index (χ4v) is 1.73.